The van der Waals surface area contributed by atoms with E-state index in [4.69, 9.17) is 25.2 Å². The predicted molar refractivity (Wildman–Crippen MR) is 118 cm³/mol. The molecular formula is C23H34N4O3. The van der Waals surface area contributed by atoms with Gasteiger partial charge in [-0.2, -0.15) is 10.9 Å². The lowest BCUT2D eigenvalue weighted by atomic mass is 9.84. The molecule has 1 aliphatic rings. The summed E-state index contributed by atoms with van der Waals surface area (Å²) in [7, 11) is 3.34. The Hall–Kier alpha value is -2.54. The van der Waals surface area contributed by atoms with Crippen LogP contribution in [0.3, 0.4) is 0 Å². The van der Waals surface area contributed by atoms with Crippen LogP contribution in [0.2, 0.25) is 0 Å². The zero-order valence-electron chi connectivity index (χ0n) is 18.6. The number of hydrogen-bond acceptors (Lipinski definition) is 7. The number of nitrogens with one attached hydrogen (secondary N) is 1. The summed E-state index contributed by atoms with van der Waals surface area (Å²) in [5.41, 5.74) is 4.38. The lowest BCUT2D eigenvalue weighted by Crippen LogP contribution is -2.20. The van der Waals surface area contributed by atoms with Gasteiger partial charge >= 0.3 is 0 Å². The third-order valence-corrected chi connectivity index (χ3v) is 5.83. The maximum atomic E-state index is 5.64. The van der Waals surface area contributed by atoms with Gasteiger partial charge in [0.1, 0.15) is 0 Å². The Morgan fingerprint density at radius 2 is 1.97 bits per heavy atom. The molecule has 7 heteroatoms. The van der Waals surface area contributed by atoms with E-state index < -0.39 is 0 Å². The van der Waals surface area contributed by atoms with E-state index in [1.54, 1.807) is 14.2 Å². The second kappa shape index (κ2) is 10.5. The molecule has 0 saturated carbocycles. The topological polar surface area (TPSA) is 91.5 Å². The number of fused-ring (bicyclic) bond motifs is 1. The average Bonchev–Trinajstić information content (AvgIpc) is 2.77. The van der Waals surface area contributed by atoms with Crippen molar-refractivity contribution in [1.82, 2.24) is 9.97 Å². The fourth-order valence-electron chi connectivity index (χ4n) is 4.38. The van der Waals surface area contributed by atoms with E-state index in [1.165, 1.54) is 12.8 Å². The molecule has 3 rings (SSSR count). The van der Waals surface area contributed by atoms with Gasteiger partial charge in [-0.3, -0.25) is 0 Å². The summed E-state index contributed by atoms with van der Waals surface area (Å²) in [6.07, 6.45) is 7.33. The highest BCUT2D eigenvalue weighted by molar-refractivity contribution is 5.52. The molecule has 0 amide bonds. The van der Waals surface area contributed by atoms with Gasteiger partial charge in [0.25, 0.3) is 0 Å². The molecule has 0 saturated heterocycles. The second-order valence-corrected chi connectivity index (χ2v) is 7.84. The highest BCUT2D eigenvalue weighted by Crippen LogP contribution is 2.35. The normalized spacial score (nSPS) is 15.4. The van der Waals surface area contributed by atoms with Crippen molar-refractivity contribution < 1.29 is 14.3 Å². The van der Waals surface area contributed by atoms with Gasteiger partial charge in [0.2, 0.25) is 11.8 Å². The van der Waals surface area contributed by atoms with Crippen LogP contribution in [0.5, 0.6) is 17.4 Å². The van der Waals surface area contributed by atoms with Gasteiger partial charge in [-0.25, -0.2) is 4.98 Å². The van der Waals surface area contributed by atoms with Gasteiger partial charge < -0.3 is 19.6 Å². The van der Waals surface area contributed by atoms with Crippen LogP contribution in [-0.4, -0.2) is 24.2 Å². The molecule has 1 aromatic heterocycles. The Kier molecular flexibility index (Phi) is 7.74. The summed E-state index contributed by atoms with van der Waals surface area (Å²) in [6, 6.07) is 4.00. The van der Waals surface area contributed by atoms with Crippen LogP contribution in [0, 0.1) is 5.92 Å². The minimum Gasteiger partial charge on any atom is -0.493 e. The van der Waals surface area contributed by atoms with E-state index in [0.29, 0.717) is 24.3 Å². The fourth-order valence-corrected chi connectivity index (χ4v) is 4.38. The Balaban J connectivity index is 1.85. The van der Waals surface area contributed by atoms with E-state index >= 15 is 0 Å². The monoisotopic (exact) mass is 414 g/mol. The minimum absolute atomic E-state index is 0.485. The third kappa shape index (κ3) is 4.78. The van der Waals surface area contributed by atoms with Crippen molar-refractivity contribution in [3.8, 4) is 17.4 Å². The summed E-state index contributed by atoms with van der Waals surface area (Å²) >= 11 is 0. The van der Waals surface area contributed by atoms with E-state index in [0.717, 1.165) is 66.0 Å². The molecule has 0 bridgehead atoms. The van der Waals surface area contributed by atoms with E-state index in [1.807, 2.05) is 6.07 Å². The predicted octanol–water partition coefficient (Wildman–Crippen LogP) is 4.22. The molecule has 1 unspecified atom stereocenters. The first-order valence-electron chi connectivity index (χ1n) is 10.9. The van der Waals surface area contributed by atoms with Crippen LogP contribution in [0.1, 0.15) is 61.9 Å². The highest BCUT2D eigenvalue weighted by atomic mass is 16.6. The standard InChI is InChI=1S/C23H34N4O3/c1-5-7-15-9-11-18-19(13-15)26-23(27-22(18)30-24)25-14-16-10-12-20(28-3)21(29-4)17(16)8-6-2/h10,12,15H,5-9,11,13-14,24H2,1-4H3,(H,25,26,27). The maximum absolute atomic E-state index is 5.64. The Bertz CT molecular complexity index is 857. The van der Waals surface area contributed by atoms with Crippen molar-refractivity contribution >= 4 is 5.95 Å². The molecule has 0 aliphatic heterocycles. The van der Waals surface area contributed by atoms with Crippen molar-refractivity contribution in [2.75, 3.05) is 19.5 Å². The largest absolute Gasteiger partial charge is 0.493 e. The van der Waals surface area contributed by atoms with Gasteiger partial charge in [0.05, 0.1) is 19.9 Å². The molecule has 0 radical (unpaired) electrons. The molecule has 164 valence electrons. The lowest BCUT2D eigenvalue weighted by Gasteiger charge is -2.24. The number of rotatable bonds is 10. The third-order valence-electron chi connectivity index (χ3n) is 5.83. The number of nitrogens with zero attached hydrogens (tertiary/aromatic N) is 2. The Morgan fingerprint density at radius 1 is 1.13 bits per heavy atom. The molecule has 2 aromatic rings. The van der Waals surface area contributed by atoms with Crippen LogP contribution in [0.4, 0.5) is 5.95 Å². The summed E-state index contributed by atoms with van der Waals surface area (Å²) in [6.45, 7) is 4.96. The minimum atomic E-state index is 0.485. The molecule has 0 fully saturated rings. The Labute approximate surface area is 179 Å². The highest BCUT2D eigenvalue weighted by Gasteiger charge is 2.24. The van der Waals surface area contributed by atoms with Crippen LogP contribution in [0.25, 0.3) is 0 Å². The van der Waals surface area contributed by atoms with E-state index in [9.17, 15) is 0 Å². The van der Waals surface area contributed by atoms with E-state index in [-0.39, 0.29) is 0 Å². The van der Waals surface area contributed by atoms with Crippen molar-refractivity contribution in [1.29, 1.82) is 0 Å². The van der Waals surface area contributed by atoms with Crippen LogP contribution in [0.15, 0.2) is 12.1 Å². The van der Waals surface area contributed by atoms with Crippen molar-refractivity contribution in [3.63, 3.8) is 0 Å². The van der Waals surface area contributed by atoms with Crippen molar-refractivity contribution in [2.45, 2.75) is 65.3 Å². The molecular weight excluding hydrogens is 380 g/mol. The summed E-state index contributed by atoms with van der Waals surface area (Å²) in [5, 5.41) is 3.37. The fraction of sp³-hybridized carbons (Fsp3) is 0.565. The second-order valence-electron chi connectivity index (χ2n) is 7.84. The number of methoxy groups -OCH3 is 2. The van der Waals surface area contributed by atoms with Gasteiger partial charge in [0.15, 0.2) is 11.5 Å². The first-order valence-corrected chi connectivity index (χ1v) is 10.9. The molecule has 1 aromatic carbocycles. The van der Waals surface area contributed by atoms with Crippen LogP contribution >= 0.6 is 0 Å². The lowest BCUT2D eigenvalue weighted by molar-refractivity contribution is 0.309. The number of benzene rings is 1. The molecule has 1 atom stereocenters. The van der Waals surface area contributed by atoms with Crippen LogP contribution in [-0.2, 0) is 25.8 Å². The van der Waals surface area contributed by atoms with Gasteiger partial charge in [-0.15, -0.1) is 0 Å². The number of nitrogens with two attached hydrogens (primary N) is 1. The first-order chi connectivity index (χ1) is 14.6. The van der Waals surface area contributed by atoms with Crippen molar-refractivity contribution in [2.24, 2.45) is 11.8 Å². The molecule has 30 heavy (non-hydrogen) atoms. The van der Waals surface area contributed by atoms with E-state index in [2.05, 4.69) is 30.2 Å². The zero-order chi connectivity index (χ0) is 21.5. The smallest absolute Gasteiger partial charge is 0.245 e. The number of aromatic nitrogens is 2. The van der Waals surface area contributed by atoms with Crippen molar-refractivity contribution in [3.05, 3.63) is 34.5 Å². The summed E-state index contributed by atoms with van der Waals surface area (Å²) in [4.78, 5) is 14.4. The molecule has 1 aliphatic carbocycles. The summed E-state index contributed by atoms with van der Waals surface area (Å²) < 4.78 is 11.1. The molecule has 1 heterocycles. The number of anilines is 1. The summed E-state index contributed by atoms with van der Waals surface area (Å²) in [5.74, 6) is 8.76. The van der Waals surface area contributed by atoms with Gasteiger partial charge in [0, 0.05) is 17.7 Å². The molecule has 3 N–H and O–H groups in total. The quantitative estimate of drug-likeness (QED) is 0.563. The Morgan fingerprint density at radius 3 is 2.63 bits per heavy atom. The number of hydrogen-bond donors (Lipinski definition) is 2. The first kappa shape index (κ1) is 22.2. The van der Waals surface area contributed by atoms with Gasteiger partial charge in [-0.1, -0.05) is 39.2 Å². The average molecular weight is 415 g/mol. The van der Waals surface area contributed by atoms with Gasteiger partial charge in [-0.05, 0) is 43.2 Å². The SMILES string of the molecule is CCCc1c(CNc2nc3c(c(ON)n2)CCC(CCC)C3)ccc(OC)c1OC. The molecule has 7 nitrogen and oxygen atoms in total. The number of ether oxygens (including phenoxy) is 2. The zero-order valence-corrected chi connectivity index (χ0v) is 18.6. The maximum Gasteiger partial charge on any atom is 0.245 e. The molecule has 0 spiro atoms. The van der Waals surface area contributed by atoms with Crippen LogP contribution < -0.4 is 25.5 Å².